The number of carbonyl (C=O) groups excluding carboxylic acids is 1. The average molecular weight is 271 g/mol. The summed E-state index contributed by atoms with van der Waals surface area (Å²) in [7, 11) is 0. The maximum absolute atomic E-state index is 12.2. The summed E-state index contributed by atoms with van der Waals surface area (Å²) in [5.41, 5.74) is 2.45. The highest BCUT2D eigenvalue weighted by molar-refractivity contribution is 5.92. The van der Waals surface area contributed by atoms with Gasteiger partial charge in [0.05, 0.1) is 0 Å². The lowest BCUT2D eigenvalue weighted by Gasteiger charge is -2.21. The summed E-state index contributed by atoms with van der Waals surface area (Å²) >= 11 is 0. The van der Waals surface area contributed by atoms with Gasteiger partial charge in [0.1, 0.15) is 11.3 Å². The minimum Gasteiger partial charge on any atom is -0.350 e. The van der Waals surface area contributed by atoms with E-state index in [0.29, 0.717) is 11.6 Å². The van der Waals surface area contributed by atoms with Crippen LogP contribution in [0.5, 0.6) is 0 Å². The number of pyridine rings is 1. The van der Waals surface area contributed by atoms with Crippen LogP contribution >= 0.6 is 0 Å². The zero-order valence-electron chi connectivity index (χ0n) is 11.9. The van der Waals surface area contributed by atoms with Gasteiger partial charge in [-0.1, -0.05) is 25.3 Å². The van der Waals surface area contributed by atoms with Gasteiger partial charge in [-0.3, -0.25) is 4.79 Å². The van der Waals surface area contributed by atoms with Gasteiger partial charge in [-0.05, 0) is 37.3 Å². The number of amides is 1. The third kappa shape index (κ3) is 2.69. The van der Waals surface area contributed by atoms with E-state index in [1.54, 1.807) is 6.20 Å². The van der Waals surface area contributed by atoms with Gasteiger partial charge in [0, 0.05) is 18.9 Å². The van der Waals surface area contributed by atoms with Gasteiger partial charge in [-0.2, -0.15) is 0 Å². The van der Waals surface area contributed by atoms with E-state index in [4.69, 9.17) is 0 Å². The first kappa shape index (κ1) is 13.2. The Morgan fingerprint density at radius 2 is 2.20 bits per heavy atom. The monoisotopic (exact) mass is 271 g/mol. The van der Waals surface area contributed by atoms with Crippen molar-refractivity contribution in [2.45, 2.75) is 39.0 Å². The number of nitrogens with zero attached hydrogens (tertiary/aromatic N) is 2. The maximum atomic E-state index is 12.2. The second-order valence-electron chi connectivity index (χ2n) is 5.76. The third-order valence-corrected chi connectivity index (χ3v) is 4.19. The van der Waals surface area contributed by atoms with Crippen LogP contribution in [0.2, 0.25) is 0 Å². The van der Waals surface area contributed by atoms with Crippen molar-refractivity contribution in [1.82, 2.24) is 14.7 Å². The normalized spacial score (nSPS) is 16.4. The molecule has 4 nitrogen and oxygen atoms in total. The van der Waals surface area contributed by atoms with Gasteiger partial charge < -0.3 is 9.72 Å². The zero-order chi connectivity index (χ0) is 13.9. The fraction of sp³-hybridized carbons (Fsp3) is 0.500. The van der Waals surface area contributed by atoms with Crippen LogP contribution in [-0.2, 0) is 0 Å². The highest BCUT2D eigenvalue weighted by atomic mass is 16.1. The summed E-state index contributed by atoms with van der Waals surface area (Å²) in [6.07, 6.45) is 10.2. The van der Waals surface area contributed by atoms with Crippen molar-refractivity contribution >= 4 is 11.6 Å². The third-order valence-electron chi connectivity index (χ3n) is 4.19. The SMILES string of the molecule is Cc1cccn2cc(C(=O)NCC3CCCCC3)nc12. The average Bonchev–Trinajstić information content (AvgIpc) is 2.91. The van der Waals surface area contributed by atoms with E-state index in [1.165, 1.54) is 32.1 Å². The van der Waals surface area contributed by atoms with Crippen molar-refractivity contribution in [3.05, 3.63) is 35.8 Å². The lowest BCUT2D eigenvalue weighted by Crippen LogP contribution is -2.30. The molecule has 2 heterocycles. The molecule has 1 fully saturated rings. The smallest absolute Gasteiger partial charge is 0.271 e. The molecule has 0 atom stereocenters. The Kier molecular flexibility index (Phi) is 3.72. The Labute approximate surface area is 119 Å². The lowest BCUT2D eigenvalue weighted by molar-refractivity contribution is 0.0939. The molecular formula is C16H21N3O. The first-order valence-electron chi connectivity index (χ1n) is 7.46. The van der Waals surface area contributed by atoms with Gasteiger partial charge in [-0.25, -0.2) is 4.98 Å². The second-order valence-corrected chi connectivity index (χ2v) is 5.76. The summed E-state index contributed by atoms with van der Waals surface area (Å²) in [6, 6.07) is 3.97. The first-order valence-corrected chi connectivity index (χ1v) is 7.46. The minimum absolute atomic E-state index is 0.0568. The predicted octanol–water partition coefficient (Wildman–Crippen LogP) is 2.95. The number of fused-ring (bicyclic) bond motifs is 1. The van der Waals surface area contributed by atoms with E-state index in [9.17, 15) is 4.79 Å². The van der Waals surface area contributed by atoms with Gasteiger partial charge in [0.25, 0.3) is 5.91 Å². The molecule has 2 aromatic heterocycles. The van der Waals surface area contributed by atoms with Gasteiger partial charge in [-0.15, -0.1) is 0 Å². The van der Waals surface area contributed by atoms with Crippen LogP contribution in [0, 0.1) is 12.8 Å². The van der Waals surface area contributed by atoms with Crippen molar-refractivity contribution in [2.75, 3.05) is 6.54 Å². The summed E-state index contributed by atoms with van der Waals surface area (Å²) in [5.74, 6) is 0.588. The molecule has 106 valence electrons. The van der Waals surface area contributed by atoms with Crippen LogP contribution in [0.15, 0.2) is 24.5 Å². The Balaban J connectivity index is 1.67. The maximum Gasteiger partial charge on any atom is 0.271 e. The molecule has 1 amide bonds. The standard InChI is InChI=1S/C16H21N3O/c1-12-6-5-9-19-11-14(18-15(12)19)16(20)17-10-13-7-3-2-4-8-13/h5-6,9,11,13H,2-4,7-8,10H2,1H3,(H,17,20). The largest absolute Gasteiger partial charge is 0.350 e. The van der Waals surface area contributed by atoms with E-state index in [-0.39, 0.29) is 5.91 Å². The lowest BCUT2D eigenvalue weighted by atomic mass is 9.89. The number of rotatable bonds is 3. The summed E-state index contributed by atoms with van der Waals surface area (Å²) < 4.78 is 1.91. The molecule has 0 saturated heterocycles. The number of carbonyl (C=O) groups is 1. The highest BCUT2D eigenvalue weighted by Crippen LogP contribution is 2.22. The molecule has 1 saturated carbocycles. The highest BCUT2D eigenvalue weighted by Gasteiger charge is 2.16. The van der Waals surface area contributed by atoms with E-state index in [1.807, 2.05) is 29.7 Å². The molecule has 0 unspecified atom stereocenters. The first-order chi connectivity index (χ1) is 9.74. The molecule has 1 N–H and O–H groups in total. The van der Waals surface area contributed by atoms with E-state index >= 15 is 0 Å². The van der Waals surface area contributed by atoms with Crippen LogP contribution in [0.3, 0.4) is 0 Å². The Morgan fingerprint density at radius 3 is 2.95 bits per heavy atom. The van der Waals surface area contributed by atoms with Gasteiger partial charge in [0.2, 0.25) is 0 Å². The fourth-order valence-electron chi connectivity index (χ4n) is 2.98. The van der Waals surface area contributed by atoms with Crippen LogP contribution in [0.25, 0.3) is 5.65 Å². The molecule has 2 aromatic rings. The molecule has 1 aliphatic carbocycles. The number of imidazole rings is 1. The quantitative estimate of drug-likeness (QED) is 0.933. The number of nitrogens with one attached hydrogen (secondary N) is 1. The molecule has 1 aliphatic rings. The van der Waals surface area contributed by atoms with Crippen molar-refractivity contribution in [2.24, 2.45) is 5.92 Å². The van der Waals surface area contributed by atoms with E-state index < -0.39 is 0 Å². The van der Waals surface area contributed by atoms with Crippen molar-refractivity contribution in [3.8, 4) is 0 Å². The molecule has 0 radical (unpaired) electrons. The predicted molar refractivity (Wildman–Crippen MR) is 78.8 cm³/mol. The van der Waals surface area contributed by atoms with Crippen molar-refractivity contribution in [1.29, 1.82) is 0 Å². The number of aromatic nitrogens is 2. The number of hydrogen-bond acceptors (Lipinski definition) is 2. The fourth-order valence-corrected chi connectivity index (χ4v) is 2.98. The van der Waals surface area contributed by atoms with Crippen LogP contribution in [-0.4, -0.2) is 21.8 Å². The molecule has 0 spiro atoms. The summed E-state index contributed by atoms with van der Waals surface area (Å²) in [4.78, 5) is 16.6. The molecule has 0 bridgehead atoms. The Hall–Kier alpha value is -1.84. The molecule has 0 aromatic carbocycles. The minimum atomic E-state index is -0.0568. The number of hydrogen-bond donors (Lipinski definition) is 1. The van der Waals surface area contributed by atoms with Crippen LogP contribution < -0.4 is 5.32 Å². The molecule has 20 heavy (non-hydrogen) atoms. The molecular weight excluding hydrogens is 250 g/mol. The van der Waals surface area contributed by atoms with Crippen LogP contribution in [0.4, 0.5) is 0 Å². The molecule has 4 heteroatoms. The number of aryl methyl sites for hydroxylation is 1. The van der Waals surface area contributed by atoms with E-state index in [0.717, 1.165) is 17.8 Å². The van der Waals surface area contributed by atoms with Gasteiger partial charge >= 0.3 is 0 Å². The molecule has 0 aliphatic heterocycles. The molecule has 3 rings (SSSR count). The van der Waals surface area contributed by atoms with E-state index in [2.05, 4.69) is 10.3 Å². The van der Waals surface area contributed by atoms with Crippen molar-refractivity contribution in [3.63, 3.8) is 0 Å². The Morgan fingerprint density at radius 1 is 1.40 bits per heavy atom. The van der Waals surface area contributed by atoms with Crippen molar-refractivity contribution < 1.29 is 4.79 Å². The Bertz CT molecular complexity index is 611. The van der Waals surface area contributed by atoms with Gasteiger partial charge in [0.15, 0.2) is 0 Å². The second kappa shape index (κ2) is 5.65. The zero-order valence-corrected chi connectivity index (χ0v) is 11.9. The topological polar surface area (TPSA) is 46.4 Å². The van der Waals surface area contributed by atoms with Crippen LogP contribution in [0.1, 0.15) is 48.2 Å². The summed E-state index contributed by atoms with van der Waals surface area (Å²) in [5, 5.41) is 3.03. The summed E-state index contributed by atoms with van der Waals surface area (Å²) in [6.45, 7) is 2.79.